The van der Waals surface area contributed by atoms with Crippen LogP contribution in [0.1, 0.15) is 45.1 Å². The topological polar surface area (TPSA) is 59.8 Å². The molecule has 1 aromatic heterocycles. The van der Waals surface area contributed by atoms with Crippen LogP contribution in [0.4, 0.5) is 0 Å². The van der Waals surface area contributed by atoms with Crippen LogP contribution in [0, 0.1) is 5.92 Å². The first-order valence-corrected chi connectivity index (χ1v) is 9.30. The van der Waals surface area contributed by atoms with Gasteiger partial charge in [-0.25, -0.2) is 0 Å². The van der Waals surface area contributed by atoms with E-state index in [0.29, 0.717) is 17.5 Å². The molecule has 6 heteroatoms. The molecule has 1 aliphatic rings. The molecule has 1 aliphatic carbocycles. The Morgan fingerprint density at radius 1 is 1.28 bits per heavy atom. The lowest BCUT2D eigenvalue weighted by atomic mass is 9.77. The van der Waals surface area contributed by atoms with Crippen molar-refractivity contribution in [2.45, 2.75) is 57.5 Å². The standard InChI is InChI=1S/C19H25ClN4O/c1-14(2)17(13-24-12-11-21-23-24)22-18(25)19(9-3-4-10-19)15-5-7-16(20)8-6-15/h5-8,11-12,14,17H,3-4,9-10,13H2,1-2H3,(H,22,25)/t17-/m1/s1. The minimum Gasteiger partial charge on any atom is -0.350 e. The SMILES string of the molecule is CC(C)[C@@H](Cn1ccnn1)NC(=O)C1(c2ccc(Cl)cc2)CCCC1. The van der Waals surface area contributed by atoms with Crippen LogP contribution in [-0.4, -0.2) is 26.9 Å². The molecule has 1 N–H and O–H groups in total. The van der Waals surface area contributed by atoms with Gasteiger partial charge in [0.25, 0.3) is 0 Å². The first kappa shape index (κ1) is 17.9. The van der Waals surface area contributed by atoms with E-state index in [1.807, 2.05) is 30.5 Å². The Hall–Kier alpha value is -1.88. The summed E-state index contributed by atoms with van der Waals surface area (Å²) in [6.07, 6.45) is 7.40. The fraction of sp³-hybridized carbons (Fsp3) is 0.526. The smallest absolute Gasteiger partial charge is 0.230 e. The molecule has 1 atom stereocenters. The number of carbonyl (C=O) groups is 1. The molecule has 0 aliphatic heterocycles. The highest BCUT2D eigenvalue weighted by Gasteiger charge is 2.43. The number of benzene rings is 1. The molecule has 1 saturated carbocycles. The lowest BCUT2D eigenvalue weighted by Crippen LogP contribution is -2.50. The molecular weight excluding hydrogens is 336 g/mol. The average molecular weight is 361 g/mol. The molecule has 0 spiro atoms. The minimum absolute atomic E-state index is 0.0129. The van der Waals surface area contributed by atoms with Crippen molar-refractivity contribution in [1.29, 1.82) is 0 Å². The Kier molecular flexibility index (Phi) is 5.42. The average Bonchev–Trinajstić information content (AvgIpc) is 3.27. The van der Waals surface area contributed by atoms with E-state index in [-0.39, 0.29) is 11.9 Å². The highest BCUT2D eigenvalue weighted by atomic mass is 35.5. The number of hydrogen-bond acceptors (Lipinski definition) is 3. The number of nitrogens with one attached hydrogen (secondary N) is 1. The molecule has 0 bridgehead atoms. The second-order valence-corrected chi connectivity index (χ2v) is 7.68. The van der Waals surface area contributed by atoms with Crippen molar-refractivity contribution in [3.8, 4) is 0 Å². The summed E-state index contributed by atoms with van der Waals surface area (Å²) in [6, 6.07) is 7.75. The quantitative estimate of drug-likeness (QED) is 0.856. The van der Waals surface area contributed by atoms with Crippen LogP contribution in [0.15, 0.2) is 36.7 Å². The normalized spacial score (nSPS) is 17.6. The van der Waals surface area contributed by atoms with Crippen molar-refractivity contribution < 1.29 is 4.79 Å². The predicted octanol–water partition coefficient (Wildman–Crippen LogP) is 3.58. The summed E-state index contributed by atoms with van der Waals surface area (Å²) in [7, 11) is 0. The minimum atomic E-state index is -0.444. The molecular formula is C19H25ClN4O. The van der Waals surface area contributed by atoms with E-state index in [0.717, 1.165) is 31.2 Å². The Morgan fingerprint density at radius 2 is 1.96 bits per heavy atom. The largest absolute Gasteiger partial charge is 0.350 e. The van der Waals surface area contributed by atoms with Gasteiger partial charge in [-0.15, -0.1) is 5.10 Å². The van der Waals surface area contributed by atoms with Crippen LogP contribution in [0.25, 0.3) is 0 Å². The molecule has 0 saturated heterocycles. The second-order valence-electron chi connectivity index (χ2n) is 7.25. The number of halogens is 1. The van der Waals surface area contributed by atoms with E-state index < -0.39 is 5.41 Å². The molecule has 25 heavy (non-hydrogen) atoms. The number of rotatable bonds is 6. The molecule has 1 aromatic carbocycles. The fourth-order valence-corrected chi connectivity index (χ4v) is 3.78. The second kappa shape index (κ2) is 7.56. The molecule has 1 amide bonds. The van der Waals surface area contributed by atoms with Gasteiger partial charge >= 0.3 is 0 Å². The molecule has 0 unspecified atom stereocenters. The van der Waals surface area contributed by atoms with E-state index in [9.17, 15) is 4.79 Å². The zero-order valence-electron chi connectivity index (χ0n) is 14.8. The van der Waals surface area contributed by atoms with E-state index in [1.165, 1.54) is 0 Å². The number of aromatic nitrogens is 3. The first-order chi connectivity index (χ1) is 12.0. The lowest BCUT2D eigenvalue weighted by Gasteiger charge is -2.32. The maximum absolute atomic E-state index is 13.3. The van der Waals surface area contributed by atoms with Crippen LogP contribution in [0.3, 0.4) is 0 Å². The highest BCUT2D eigenvalue weighted by molar-refractivity contribution is 6.30. The Bertz CT molecular complexity index is 691. The molecule has 3 rings (SSSR count). The summed E-state index contributed by atoms with van der Waals surface area (Å²) in [5, 5.41) is 11.9. The van der Waals surface area contributed by atoms with Gasteiger partial charge in [0.15, 0.2) is 0 Å². The molecule has 2 aromatic rings. The number of hydrogen-bond donors (Lipinski definition) is 1. The number of amides is 1. The van der Waals surface area contributed by atoms with Gasteiger partial charge in [0.1, 0.15) is 0 Å². The van der Waals surface area contributed by atoms with Gasteiger partial charge < -0.3 is 5.32 Å². The van der Waals surface area contributed by atoms with E-state index in [4.69, 9.17) is 11.6 Å². The third kappa shape index (κ3) is 3.87. The number of nitrogens with zero attached hydrogens (tertiary/aromatic N) is 3. The van der Waals surface area contributed by atoms with Crippen molar-refractivity contribution in [2.24, 2.45) is 5.92 Å². The van der Waals surface area contributed by atoms with Crippen LogP contribution in [0.2, 0.25) is 5.02 Å². The Balaban J connectivity index is 1.81. The number of carbonyl (C=O) groups excluding carboxylic acids is 1. The summed E-state index contributed by atoms with van der Waals surface area (Å²) in [5.74, 6) is 0.419. The van der Waals surface area contributed by atoms with E-state index >= 15 is 0 Å². The van der Waals surface area contributed by atoms with Gasteiger partial charge in [-0.1, -0.05) is 55.6 Å². The third-order valence-corrected chi connectivity index (χ3v) is 5.52. The maximum atomic E-state index is 13.3. The Morgan fingerprint density at radius 3 is 2.52 bits per heavy atom. The first-order valence-electron chi connectivity index (χ1n) is 8.92. The Labute approximate surface area is 153 Å². The van der Waals surface area contributed by atoms with Gasteiger partial charge in [0, 0.05) is 11.2 Å². The van der Waals surface area contributed by atoms with Crippen LogP contribution in [0.5, 0.6) is 0 Å². The molecule has 1 heterocycles. The fourth-order valence-electron chi connectivity index (χ4n) is 3.66. The van der Waals surface area contributed by atoms with Crippen molar-refractivity contribution in [2.75, 3.05) is 0 Å². The summed E-state index contributed by atoms with van der Waals surface area (Å²) < 4.78 is 1.77. The zero-order chi connectivity index (χ0) is 17.9. The molecule has 1 fully saturated rings. The van der Waals surface area contributed by atoms with Crippen LogP contribution < -0.4 is 5.32 Å². The highest BCUT2D eigenvalue weighted by Crippen LogP contribution is 2.41. The van der Waals surface area contributed by atoms with Gasteiger partial charge in [0.2, 0.25) is 5.91 Å². The van der Waals surface area contributed by atoms with E-state index in [1.54, 1.807) is 10.9 Å². The summed E-state index contributed by atoms with van der Waals surface area (Å²) >= 11 is 6.03. The maximum Gasteiger partial charge on any atom is 0.230 e. The summed E-state index contributed by atoms with van der Waals surface area (Å²) in [4.78, 5) is 13.3. The van der Waals surface area contributed by atoms with Crippen molar-refractivity contribution in [3.05, 3.63) is 47.2 Å². The molecule has 134 valence electrons. The summed E-state index contributed by atoms with van der Waals surface area (Å²) in [6.45, 7) is 4.86. The third-order valence-electron chi connectivity index (χ3n) is 5.27. The predicted molar refractivity (Wildman–Crippen MR) is 98.4 cm³/mol. The van der Waals surface area contributed by atoms with Gasteiger partial charge in [0.05, 0.1) is 24.2 Å². The van der Waals surface area contributed by atoms with Gasteiger partial charge in [-0.3, -0.25) is 9.48 Å². The van der Waals surface area contributed by atoms with Crippen molar-refractivity contribution in [3.63, 3.8) is 0 Å². The molecule has 0 radical (unpaired) electrons. The summed E-state index contributed by atoms with van der Waals surface area (Å²) in [5.41, 5.74) is 0.621. The lowest BCUT2D eigenvalue weighted by molar-refractivity contribution is -0.127. The van der Waals surface area contributed by atoms with Gasteiger partial charge in [-0.05, 0) is 36.5 Å². The van der Waals surface area contributed by atoms with Gasteiger partial charge in [-0.2, -0.15) is 0 Å². The van der Waals surface area contributed by atoms with Crippen molar-refractivity contribution >= 4 is 17.5 Å². The van der Waals surface area contributed by atoms with Crippen LogP contribution in [-0.2, 0) is 16.8 Å². The van der Waals surface area contributed by atoms with Crippen molar-refractivity contribution in [1.82, 2.24) is 20.3 Å². The van der Waals surface area contributed by atoms with Crippen LogP contribution >= 0.6 is 11.6 Å². The monoisotopic (exact) mass is 360 g/mol. The molecule has 5 nitrogen and oxygen atoms in total. The zero-order valence-corrected chi connectivity index (χ0v) is 15.5. The van der Waals surface area contributed by atoms with E-state index in [2.05, 4.69) is 29.5 Å².